The first-order valence-electron chi connectivity index (χ1n) is 4.64. The van der Waals surface area contributed by atoms with Gasteiger partial charge in [0.15, 0.2) is 0 Å². The van der Waals surface area contributed by atoms with E-state index in [0.29, 0.717) is 19.6 Å². The maximum atomic E-state index is 11.8. The highest BCUT2D eigenvalue weighted by molar-refractivity contribution is 7.53. The Morgan fingerprint density at radius 3 is 2.00 bits per heavy atom. The largest absolute Gasteiger partial charge is 0.392 e. The second-order valence-electron chi connectivity index (χ2n) is 2.69. The lowest BCUT2D eigenvalue weighted by Gasteiger charge is -2.19. The molecule has 80 valence electrons. The molecule has 0 spiro atoms. The molecule has 0 aromatic rings. The molecule has 0 fully saturated rings. The highest BCUT2D eigenvalue weighted by Gasteiger charge is 2.26. The van der Waals surface area contributed by atoms with Gasteiger partial charge in [0.2, 0.25) is 0 Å². The minimum atomic E-state index is -3.04. The molecular weight excluding hydrogens is 191 g/mol. The fraction of sp³-hybridized carbons (Fsp3) is 1.00. The zero-order valence-corrected chi connectivity index (χ0v) is 9.42. The van der Waals surface area contributed by atoms with Crippen LogP contribution >= 0.6 is 7.60 Å². The Kier molecular flexibility index (Phi) is 6.60. The lowest BCUT2D eigenvalue weighted by molar-refractivity contribution is 0.166. The van der Waals surface area contributed by atoms with E-state index in [9.17, 15) is 9.67 Å². The van der Waals surface area contributed by atoms with Crippen LogP contribution in [-0.4, -0.2) is 30.6 Å². The summed E-state index contributed by atoms with van der Waals surface area (Å²) in [6, 6.07) is 0. The van der Waals surface area contributed by atoms with Gasteiger partial charge < -0.3 is 14.2 Å². The molecule has 4 nitrogen and oxygen atoms in total. The number of hydrogen-bond donors (Lipinski definition) is 1. The van der Waals surface area contributed by atoms with Gasteiger partial charge in [0.25, 0.3) is 0 Å². The fourth-order valence-electron chi connectivity index (χ4n) is 0.923. The van der Waals surface area contributed by atoms with Gasteiger partial charge in [0.1, 0.15) is 0 Å². The van der Waals surface area contributed by atoms with Gasteiger partial charge in [-0.05, 0) is 20.3 Å². The maximum absolute atomic E-state index is 11.8. The van der Waals surface area contributed by atoms with Crippen molar-refractivity contribution in [2.45, 2.75) is 33.3 Å². The van der Waals surface area contributed by atoms with Crippen molar-refractivity contribution in [1.29, 1.82) is 0 Å². The number of aliphatic hydroxyl groups excluding tert-OH is 1. The minimum absolute atomic E-state index is 0.0885. The van der Waals surface area contributed by atoms with Crippen LogP contribution in [-0.2, 0) is 13.6 Å². The van der Waals surface area contributed by atoms with Gasteiger partial charge in [-0.1, -0.05) is 6.92 Å². The van der Waals surface area contributed by atoms with Crippen molar-refractivity contribution in [3.63, 3.8) is 0 Å². The second-order valence-corrected chi connectivity index (χ2v) is 4.79. The zero-order valence-electron chi connectivity index (χ0n) is 8.52. The summed E-state index contributed by atoms with van der Waals surface area (Å²) < 4.78 is 21.8. The number of rotatable bonds is 7. The second kappa shape index (κ2) is 6.55. The third-order valence-electron chi connectivity index (χ3n) is 1.56. The van der Waals surface area contributed by atoms with Crippen LogP contribution in [0.4, 0.5) is 0 Å². The third-order valence-corrected chi connectivity index (χ3v) is 3.73. The van der Waals surface area contributed by atoms with Gasteiger partial charge in [-0.2, -0.15) is 0 Å². The van der Waals surface area contributed by atoms with Gasteiger partial charge >= 0.3 is 7.60 Å². The molecule has 0 amide bonds. The van der Waals surface area contributed by atoms with Crippen LogP contribution in [0.3, 0.4) is 0 Å². The lowest BCUT2D eigenvalue weighted by Crippen LogP contribution is -2.14. The highest BCUT2D eigenvalue weighted by atomic mass is 31.2. The van der Waals surface area contributed by atoms with Crippen molar-refractivity contribution < 1.29 is 18.7 Å². The average Bonchev–Trinajstić information content (AvgIpc) is 2.04. The van der Waals surface area contributed by atoms with Gasteiger partial charge in [-0.25, -0.2) is 0 Å². The first-order chi connectivity index (χ1) is 6.08. The quantitative estimate of drug-likeness (QED) is 0.653. The van der Waals surface area contributed by atoms with Gasteiger partial charge in [-0.3, -0.25) is 4.57 Å². The standard InChI is InChI=1S/C8H19O4P/c1-4-8(9)7-13(10,11-5-2)12-6-3/h8-9H,4-7H2,1-3H3/t8-/m0/s1. The van der Waals surface area contributed by atoms with Crippen molar-refractivity contribution in [3.8, 4) is 0 Å². The van der Waals surface area contributed by atoms with Crippen LogP contribution in [0.15, 0.2) is 0 Å². The molecule has 0 aliphatic heterocycles. The Hall–Kier alpha value is 0.110. The molecule has 0 rings (SSSR count). The molecule has 0 aromatic carbocycles. The highest BCUT2D eigenvalue weighted by Crippen LogP contribution is 2.48. The lowest BCUT2D eigenvalue weighted by atomic mass is 10.3. The van der Waals surface area contributed by atoms with Gasteiger partial charge in [-0.15, -0.1) is 0 Å². The van der Waals surface area contributed by atoms with E-state index >= 15 is 0 Å². The van der Waals surface area contributed by atoms with E-state index < -0.39 is 13.7 Å². The molecule has 0 aromatic heterocycles. The van der Waals surface area contributed by atoms with Crippen LogP contribution < -0.4 is 0 Å². The van der Waals surface area contributed by atoms with Crippen LogP contribution in [0.1, 0.15) is 27.2 Å². The molecular formula is C8H19O4P. The van der Waals surface area contributed by atoms with E-state index in [0.717, 1.165) is 0 Å². The predicted octanol–water partition coefficient (Wildman–Crippen LogP) is 2.02. The maximum Gasteiger partial charge on any atom is 0.333 e. The summed E-state index contributed by atoms with van der Waals surface area (Å²) in [6.07, 6.45) is 0.0407. The van der Waals surface area contributed by atoms with Crippen LogP contribution in [0.5, 0.6) is 0 Å². The topological polar surface area (TPSA) is 55.8 Å². The van der Waals surface area contributed by atoms with Crippen molar-refractivity contribution in [3.05, 3.63) is 0 Å². The summed E-state index contributed by atoms with van der Waals surface area (Å²) >= 11 is 0. The number of aliphatic hydroxyl groups is 1. The van der Waals surface area contributed by atoms with Crippen molar-refractivity contribution in [1.82, 2.24) is 0 Å². The summed E-state index contributed by atoms with van der Waals surface area (Å²) in [6.45, 7) is 6.02. The molecule has 0 bridgehead atoms. The molecule has 0 aliphatic carbocycles. The summed E-state index contributed by atoms with van der Waals surface area (Å²) in [7, 11) is -3.04. The van der Waals surface area contributed by atoms with E-state index in [2.05, 4.69) is 0 Å². The monoisotopic (exact) mass is 210 g/mol. The summed E-state index contributed by atoms with van der Waals surface area (Å²) in [5, 5.41) is 9.31. The SMILES string of the molecule is CCOP(=O)(C[C@@H](O)CC)OCC. The van der Waals surface area contributed by atoms with E-state index in [-0.39, 0.29) is 6.16 Å². The molecule has 1 N–H and O–H groups in total. The van der Waals surface area contributed by atoms with Crippen molar-refractivity contribution >= 4 is 7.60 Å². The zero-order chi connectivity index (χ0) is 10.3. The van der Waals surface area contributed by atoms with E-state index in [4.69, 9.17) is 9.05 Å². The molecule has 0 saturated heterocycles. The van der Waals surface area contributed by atoms with Gasteiger partial charge in [0, 0.05) is 0 Å². The van der Waals surface area contributed by atoms with Crippen LogP contribution in [0.25, 0.3) is 0 Å². The summed E-state index contributed by atoms with van der Waals surface area (Å²) in [4.78, 5) is 0. The molecule has 0 saturated carbocycles. The van der Waals surface area contributed by atoms with E-state index in [1.165, 1.54) is 0 Å². The normalized spacial score (nSPS) is 14.5. The molecule has 13 heavy (non-hydrogen) atoms. The van der Waals surface area contributed by atoms with Crippen LogP contribution in [0.2, 0.25) is 0 Å². The third kappa shape index (κ3) is 5.42. The summed E-state index contributed by atoms with van der Waals surface area (Å²) in [5.74, 6) is 0. The van der Waals surface area contributed by atoms with Crippen molar-refractivity contribution in [2.75, 3.05) is 19.4 Å². The smallest absolute Gasteiger partial charge is 0.333 e. The van der Waals surface area contributed by atoms with Gasteiger partial charge in [0.05, 0.1) is 25.5 Å². The molecule has 0 aliphatic rings. The average molecular weight is 210 g/mol. The Balaban J connectivity index is 4.14. The fourth-order valence-corrected chi connectivity index (χ4v) is 2.77. The Morgan fingerprint density at radius 1 is 1.23 bits per heavy atom. The first kappa shape index (κ1) is 13.1. The first-order valence-corrected chi connectivity index (χ1v) is 6.37. The minimum Gasteiger partial charge on any atom is -0.392 e. The molecule has 1 atom stereocenters. The van der Waals surface area contributed by atoms with E-state index in [1.807, 2.05) is 6.92 Å². The molecule has 0 radical (unpaired) electrons. The molecule has 0 unspecified atom stereocenters. The summed E-state index contributed by atoms with van der Waals surface area (Å²) in [5.41, 5.74) is 0. The molecule has 5 heteroatoms. The Labute approximate surface area is 79.8 Å². The Morgan fingerprint density at radius 2 is 1.69 bits per heavy atom. The Bertz CT molecular complexity index is 162. The van der Waals surface area contributed by atoms with E-state index in [1.54, 1.807) is 13.8 Å². The van der Waals surface area contributed by atoms with Crippen LogP contribution in [0, 0.1) is 0 Å². The molecule has 0 heterocycles. The van der Waals surface area contributed by atoms with Crippen molar-refractivity contribution in [2.24, 2.45) is 0 Å². The number of hydrogen-bond acceptors (Lipinski definition) is 4. The predicted molar refractivity (Wildman–Crippen MR) is 52.0 cm³/mol.